The predicted octanol–water partition coefficient (Wildman–Crippen LogP) is 7.68. The minimum Gasteiger partial charge on any atom is -0.0853 e. The Kier molecular flexibility index (Phi) is 6.27. The topological polar surface area (TPSA) is 0 Å². The standard InChI is InChI=1S/C23H40/c1-3-5-14-21(17-19-11-7-6-8-12-19)23(16-4-2)18-20-13-9-10-15-22(20)23/h11,20-22H,3-10,12-18H2,1-2H3/t20?,21?,22?,23-/m1/s1. The van der Waals surface area contributed by atoms with E-state index in [1.807, 2.05) is 5.57 Å². The van der Waals surface area contributed by atoms with Gasteiger partial charge < -0.3 is 0 Å². The Morgan fingerprint density at radius 2 is 1.96 bits per heavy atom. The Balaban J connectivity index is 1.75. The zero-order chi connectivity index (χ0) is 16.1. The summed E-state index contributed by atoms with van der Waals surface area (Å²) in [6, 6.07) is 0. The summed E-state index contributed by atoms with van der Waals surface area (Å²) in [4.78, 5) is 0. The molecule has 0 nitrogen and oxygen atoms in total. The molecule has 4 atom stereocenters. The Labute approximate surface area is 145 Å². The highest BCUT2D eigenvalue weighted by atomic mass is 14.6. The predicted molar refractivity (Wildman–Crippen MR) is 102 cm³/mol. The van der Waals surface area contributed by atoms with Crippen LogP contribution in [0.1, 0.15) is 110 Å². The molecule has 2 fully saturated rings. The largest absolute Gasteiger partial charge is 0.0853 e. The maximum absolute atomic E-state index is 2.62. The molecule has 0 aliphatic heterocycles. The normalized spacial score (nSPS) is 35.1. The second-order valence-corrected chi connectivity index (χ2v) is 8.99. The second kappa shape index (κ2) is 8.21. The summed E-state index contributed by atoms with van der Waals surface area (Å²) in [6.45, 7) is 4.82. The number of fused-ring (bicyclic) bond motifs is 1. The van der Waals surface area contributed by atoms with Crippen molar-refractivity contribution in [1.82, 2.24) is 0 Å². The molecule has 132 valence electrons. The fourth-order valence-corrected chi connectivity index (χ4v) is 6.56. The molecule has 0 spiro atoms. The van der Waals surface area contributed by atoms with Crippen LogP contribution in [-0.2, 0) is 0 Å². The molecule has 23 heavy (non-hydrogen) atoms. The third-order valence-corrected chi connectivity index (χ3v) is 7.62. The first-order valence-electron chi connectivity index (χ1n) is 11.0. The Morgan fingerprint density at radius 1 is 1.09 bits per heavy atom. The fourth-order valence-electron chi connectivity index (χ4n) is 6.56. The van der Waals surface area contributed by atoms with Crippen molar-refractivity contribution in [2.75, 3.05) is 0 Å². The first kappa shape index (κ1) is 17.6. The van der Waals surface area contributed by atoms with Gasteiger partial charge in [0.25, 0.3) is 0 Å². The van der Waals surface area contributed by atoms with Gasteiger partial charge in [-0.2, -0.15) is 0 Å². The number of unbranched alkanes of at least 4 members (excludes halogenated alkanes) is 1. The smallest absolute Gasteiger partial charge is 0.0233 e. The SMILES string of the molecule is CCCCC(CC1=CCCCC1)[C@@]1(CCC)CC2CCCCC21. The van der Waals surface area contributed by atoms with Crippen LogP contribution in [-0.4, -0.2) is 0 Å². The second-order valence-electron chi connectivity index (χ2n) is 8.99. The van der Waals surface area contributed by atoms with Crippen LogP contribution in [0.4, 0.5) is 0 Å². The van der Waals surface area contributed by atoms with Crippen molar-refractivity contribution in [3.05, 3.63) is 11.6 Å². The van der Waals surface area contributed by atoms with E-state index in [-0.39, 0.29) is 0 Å². The van der Waals surface area contributed by atoms with Gasteiger partial charge in [-0.3, -0.25) is 0 Å². The lowest BCUT2D eigenvalue weighted by atomic mass is 9.43. The molecular formula is C23H40. The van der Waals surface area contributed by atoms with E-state index in [9.17, 15) is 0 Å². The molecule has 3 unspecified atom stereocenters. The summed E-state index contributed by atoms with van der Waals surface area (Å²) in [6.07, 6.45) is 24.8. The third kappa shape index (κ3) is 3.72. The van der Waals surface area contributed by atoms with E-state index in [0.29, 0.717) is 0 Å². The van der Waals surface area contributed by atoms with E-state index in [1.165, 1.54) is 77.0 Å². The van der Waals surface area contributed by atoms with Gasteiger partial charge in [-0.05, 0) is 81.0 Å². The average Bonchev–Trinajstić information content (AvgIpc) is 2.57. The number of rotatable bonds is 8. The lowest BCUT2D eigenvalue weighted by Crippen LogP contribution is -2.53. The molecule has 0 N–H and O–H groups in total. The summed E-state index contributed by atoms with van der Waals surface area (Å²) < 4.78 is 0. The zero-order valence-electron chi connectivity index (χ0n) is 15.9. The van der Waals surface area contributed by atoms with Gasteiger partial charge in [-0.1, -0.05) is 64.0 Å². The Bertz CT molecular complexity index is 393. The molecule has 2 saturated carbocycles. The molecule has 0 aromatic carbocycles. The van der Waals surface area contributed by atoms with Gasteiger partial charge in [0.05, 0.1) is 0 Å². The Morgan fingerprint density at radius 3 is 2.65 bits per heavy atom. The lowest BCUT2D eigenvalue weighted by molar-refractivity contribution is -0.122. The zero-order valence-corrected chi connectivity index (χ0v) is 15.9. The van der Waals surface area contributed by atoms with Crippen LogP contribution in [0.15, 0.2) is 11.6 Å². The lowest BCUT2D eigenvalue weighted by Gasteiger charge is -2.62. The average molecular weight is 317 g/mol. The van der Waals surface area contributed by atoms with Gasteiger partial charge in [0, 0.05) is 0 Å². The molecule has 0 saturated heterocycles. The van der Waals surface area contributed by atoms with Gasteiger partial charge in [0.15, 0.2) is 0 Å². The van der Waals surface area contributed by atoms with E-state index in [1.54, 1.807) is 19.3 Å². The van der Waals surface area contributed by atoms with Gasteiger partial charge in [0.2, 0.25) is 0 Å². The van der Waals surface area contributed by atoms with Crippen LogP contribution in [0.5, 0.6) is 0 Å². The van der Waals surface area contributed by atoms with Crippen LogP contribution in [0.2, 0.25) is 0 Å². The van der Waals surface area contributed by atoms with Crippen molar-refractivity contribution in [3.8, 4) is 0 Å². The molecule has 0 radical (unpaired) electrons. The highest BCUT2D eigenvalue weighted by Gasteiger charge is 2.56. The van der Waals surface area contributed by atoms with Crippen molar-refractivity contribution in [1.29, 1.82) is 0 Å². The van der Waals surface area contributed by atoms with Crippen LogP contribution >= 0.6 is 0 Å². The molecule has 3 rings (SSSR count). The van der Waals surface area contributed by atoms with E-state index in [0.717, 1.165) is 23.2 Å². The van der Waals surface area contributed by atoms with E-state index in [2.05, 4.69) is 19.9 Å². The molecule has 0 bridgehead atoms. The quantitative estimate of drug-likeness (QED) is 0.403. The van der Waals surface area contributed by atoms with Crippen LogP contribution in [0.3, 0.4) is 0 Å². The van der Waals surface area contributed by atoms with Crippen molar-refractivity contribution in [2.45, 2.75) is 110 Å². The summed E-state index contributed by atoms with van der Waals surface area (Å²) in [5.41, 5.74) is 2.58. The van der Waals surface area contributed by atoms with Gasteiger partial charge in [-0.15, -0.1) is 0 Å². The highest BCUT2D eigenvalue weighted by Crippen LogP contribution is 2.65. The minimum atomic E-state index is 0.743. The fraction of sp³-hybridized carbons (Fsp3) is 0.913. The molecule has 0 amide bonds. The molecule has 0 heteroatoms. The van der Waals surface area contributed by atoms with Crippen molar-refractivity contribution < 1.29 is 0 Å². The monoisotopic (exact) mass is 316 g/mol. The van der Waals surface area contributed by atoms with Crippen molar-refractivity contribution in [3.63, 3.8) is 0 Å². The van der Waals surface area contributed by atoms with Crippen LogP contribution in [0, 0.1) is 23.2 Å². The maximum atomic E-state index is 2.62. The van der Waals surface area contributed by atoms with Crippen LogP contribution < -0.4 is 0 Å². The first-order chi connectivity index (χ1) is 11.3. The molecule has 0 aromatic heterocycles. The summed E-state index contributed by atoms with van der Waals surface area (Å²) in [5, 5.41) is 0. The summed E-state index contributed by atoms with van der Waals surface area (Å²) >= 11 is 0. The third-order valence-electron chi connectivity index (χ3n) is 7.62. The molecule has 0 heterocycles. The molecular weight excluding hydrogens is 276 g/mol. The van der Waals surface area contributed by atoms with Crippen molar-refractivity contribution in [2.24, 2.45) is 23.2 Å². The molecule has 3 aliphatic carbocycles. The van der Waals surface area contributed by atoms with Gasteiger partial charge >= 0.3 is 0 Å². The maximum Gasteiger partial charge on any atom is -0.0233 e. The van der Waals surface area contributed by atoms with Gasteiger partial charge in [0.1, 0.15) is 0 Å². The van der Waals surface area contributed by atoms with Gasteiger partial charge in [-0.25, -0.2) is 0 Å². The molecule has 3 aliphatic rings. The van der Waals surface area contributed by atoms with E-state index < -0.39 is 0 Å². The summed E-state index contributed by atoms with van der Waals surface area (Å²) in [5.74, 6) is 3.22. The number of hydrogen-bond acceptors (Lipinski definition) is 0. The van der Waals surface area contributed by atoms with Crippen molar-refractivity contribution >= 4 is 0 Å². The summed E-state index contributed by atoms with van der Waals surface area (Å²) in [7, 11) is 0. The van der Waals surface area contributed by atoms with Crippen LogP contribution in [0.25, 0.3) is 0 Å². The number of allylic oxidation sites excluding steroid dienone is 2. The minimum absolute atomic E-state index is 0.743. The Hall–Kier alpha value is -0.260. The number of hydrogen-bond donors (Lipinski definition) is 0. The highest BCUT2D eigenvalue weighted by molar-refractivity contribution is 5.12. The molecule has 0 aromatic rings. The van der Waals surface area contributed by atoms with E-state index >= 15 is 0 Å². The first-order valence-corrected chi connectivity index (χ1v) is 11.0. The van der Waals surface area contributed by atoms with E-state index in [4.69, 9.17) is 0 Å².